The molecule has 0 radical (unpaired) electrons. The lowest BCUT2D eigenvalue weighted by atomic mass is 9.49. The fourth-order valence-corrected chi connectivity index (χ4v) is 9.17. The Hall–Kier alpha value is -3.60. The van der Waals surface area contributed by atoms with Crippen molar-refractivity contribution in [3.05, 3.63) is 71.3 Å². The number of methoxy groups -OCH3 is 1. The van der Waals surface area contributed by atoms with Crippen molar-refractivity contribution in [2.24, 2.45) is 23.2 Å². The van der Waals surface area contributed by atoms with Crippen molar-refractivity contribution in [1.82, 2.24) is 0 Å². The monoisotopic (exact) mass is 533 g/mol. The lowest BCUT2D eigenvalue weighted by Crippen LogP contribution is -2.51. The smallest absolute Gasteiger partial charge is 0.317 e. The number of anilines is 1. The molecule has 4 bridgehead atoms. The minimum atomic E-state index is -0.329. The minimum absolute atomic E-state index is 0.0818. The Balaban J connectivity index is 1.14. The molecule has 5 nitrogen and oxygen atoms in total. The molecule has 40 heavy (non-hydrogen) atoms. The van der Waals surface area contributed by atoms with Gasteiger partial charge in [0, 0.05) is 23.2 Å². The van der Waals surface area contributed by atoms with E-state index < -0.39 is 0 Å². The largest absolute Gasteiger partial charge is 0.493 e. The number of hydrogen-bond acceptors (Lipinski definition) is 5. The van der Waals surface area contributed by atoms with E-state index in [1.165, 1.54) is 30.0 Å². The van der Waals surface area contributed by atoms with E-state index in [-0.39, 0.29) is 23.2 Å². The summed E-state index contributed by atoms with van der Waals surface area (Å²) in [5, 5.41) is 6.05. The van der Waals surface area contributed by atoms with Crippen molar-refractivity contribution >= 4 is 33.8 Å². The van der Waals surface area contributed by atoms with Crippen LogP contribution in [-0.2, 0) is 9.59 Å². The molecule has 1 aliphatic heterocycles. The van der Waals surface area contributed by atoms with Crippen LogP contribution in [0.1, 0.15) is 75.0 Å². The van der Waals surface area contributed by atoms with Gasteiger partial charge in [-0.25, -0.2) is 0 Å². The van der Waals surface area contributed by atoms with Gasteiger partial charge in [-0.2, -0.15) is 0 Å². The van der Waals surface area contributed by atoms with E-state index in [1.807, 2.05) is 18.2 Å². The van der Waals surface area contributed by atoms with Crippen LogP contribution in [0.15, 0.2) is 60.2 Å². The third kappa shape index (κ3) is 3.66. The van der Waals surface area contributed by atoms with E-state index in [0.29, 0.717) is 35.7 Å². The Morgan fingerprint density at radius 2 is 1.65 bits per heavy atom. The van der Waals surface area contributed by atoms with Gasteiger partial charge in [0.15, 0.2) is 17.3 Å². The number of rotatable bonds is 4. The molecule has 0 saturated heterocycles. The van der Waals surface area contributed by atoms with Crippen molar-refractivity contribution in [3.63, 3.8) is 0 Å². The van der Waals surface area contributed by atoms with Gasteiger partial charge in [-0.1, -0.05) is 36.4 Å². The Labute approximate surface area is 234 Å². The second kappa shape index (κ2) is 8.95. The first-order valence-corrected chi connectivity index (χ1v) is 15.0. The summed E-state index contributed by atoms with van der Waals surface area (Å²) in [6, 6.07) is 18.2. The van der Waals surface area contributed by atoms with Crippen molar-refractivity contribution in [2.75, 3.05) is 12.4 Å². The first-order chi connectivity index (χ1) is 19.5. The average Bonchev–Trinajstić information content (AvgIpc) is 2.96. The minimum Gasteiger partial charge on any atom is -0.493 e. The molecule has 1 unspecified atom stereocenters. The van der Waals surface area contributed by atoms with E-state index >= 15 is 0 Å². The summed E-state index contributed by atoms with van der Waals surface area (Å²) < 4.78 is 11.9. The maximum atomic E-state index is 13.7. The zero-order valence-corrected chi connectivity index (χ0v) is 23.0. The number of allylic oxidation sites excluding steroid dienone is 1. The second-order valence-electron chi connectivity index (χ2n) is 13.0. The van der Waals surface area contributed by atoms with E-state index in [0.717, 1.165) is 60.1 Å². The molecular formula is C35H35NO4. The molecule has 4 saturated carbocycles. The lowest BCUT2D eigenvalue weighted by Gasteiger charge is -2.55. The zero-order chi connectivity index (χ0) is 27.0. The Bertz CT molecular complexity index is 1560. The standard InChI is InChI=1S/C35H35NO4/c1-39-30-16-24(10-12-29(30)40-34(38)35-17-20-13-21(18-35)15-22(14-20)19-35)33-32-26(7-4-8-28(32)37)31-25-6-3-2-5-23(25)9-11-27(31)36-33/h2-3,5-6,9-12,16,20-22,33,36H,4,7-8,13-15,17-19H2,1H3. The second-order valence-corrected chi connectivity index (χ2v) is 13.0. The van der Waals surface area contributed by atoms with E-state index in [2.05, 4.69) is 41.7 Å². The number of ether oxygens (including phenoxy) is 2. The number of fused-ring (bicyclic) bond motifs is 4. The number of Topliss-reactive ketones (excluding diaryl/α,β-unsaturated/α-hetero) is 1. The average molecular weight is 534 g/mol. The number of carbonyl (C=O) groups excluding carboxylic acids is 2. The number of carbonyl (C=O) groups is 2. The van der Waals surface area contributed by atoms with Gasteiger partial charge >= 0.3 is 5.97 Å². The highest BCUT2D eigenvalue weighted by Gasteiger charge is 2.55. The van der Waals surface area contributed by atoms with Gasteiger partial charge in [0.05, 0.1) is 18.6 Å². The molecule has 5 aliphatic carbocycles. The normalized spacial score (nSPS) is 30.1. The molecule has 3 aromatic carbocycles. The number of benzene rings is 3. The zero-order valence-electron chi connectivity index (χ0n) is 23.0. The van der Waals surface area contributed by atoms with Gasteiger partial charge < -0.3 is 14.8 Å². The summed E-state index contributed by atoms with van der Waals surface area (Å²) in [4.78, 5) is 27.1. The molecule has 0 amide bonds. The van der Waals surface area contributed by atoms with E-state index in [9.17, 15) is 9.59 Å². The third-order valence-corrected chi connectivity index (χ3v) is 10.5. The number of esters is 1. The molecule has 3 aromatic rings. The van der Waals surface area contributed by atoms with Crippen molar-refractivity contribution in [1.29, 1.82) is 0 Å². The number of ketones is 1. The summed E-state index contributed by atoms with van der Waals surface area (Å²) in [6.07, 6.45) is 9.09. The Morgan fingerprint density at radius 1 is 0.900 bits per heavy atom. The van der Waals surface area contributed by atoms with Crippen LogP contribution < -0.4 is 14.8 Å². The maximum absolute atomic E-state index is 13.7. The number of hydrogen-bond donors (Lipinski definition) is 1. The van der Waals surface area contributed by atoms with Crippen LogP contribution in [0.25, 0.3) is 16.3 Å². The SMILES string of the molecule is COc1cc(C2Nc3ccc4ccccc4c3C3=C2C(=O)CCC3)ccc1OC(=O)C12CC3CC(CC(C3)C1)C2. The molecule has 1 atom stereocenters. The van der Waals surface area contributed by atoms with Crippen LogP contribution in [-0.4, -0.2) is 18.9 Å². The summed E-state index contributed by atoms with van der Waals surface area (Å²) >= 11 is 0. The molecule has 204 valence electrons. The number of nitrogens with one attached hydrogen (secondary N) is 1. The van der Waals surface area contributed by atoms with Gasteiger partial charge in [-0.15, -0.1) is 0 Å². The van der Waals surface area contributed by atoms with Crippen LogP contribution in [0.5, 0.6) is 11.5 Å². The topological polar surface area (TPSA) is 64.6 Å². The summed E-state index contributed by atoms with van der Waals surface area (Å²) in [5.74, 6) is 3.16. The highest BCUT2D eigenvalue weighted by atomic mass is 16.6. The molecule has 5 heteroatoms. The van der Waals surface area contributed by atoms with E-state index in [4.69, 9.17) is 9.47 Å². The van der Waals surface area contributed by atoms with Crippen molar-refractivity contribution < 1.29 is 19.1 Å². The van der Waals surface area contributed by atoms with Crippen LogP contribution in [0.2, 0.25) is 0 Å². The molecule has 6 aliphatic rings. The fraction of sp³-hybridized carbons (Fsp3) is 0.429. The predicted octanol–water partition coefficient (Wildman–Crippen LogP) is 7.64. The first-order valence-electron chi connectivity index (χ1n) is 15.0. The van der Waals surface area contributed by atoms with Gasteiger partial charge in [-0.3, -0.25) is 9.59 Å². The van der Waals surface area contributed by atoms with Gasteiger partial charge in [0.25, 0.3) is 0 Å². The van der Waals surface area contributed by atoms with Gasteiger partial charge in [0.1, 0.15) is 0 Å². The van der Waals surface area contributed by atoms with Crippen molar-refractivity contribution in [2.45, 2.75) is 63.8 Å². The maximum Gasteiger partial charge on any atom is 0.317 e. The molecule has 9 rings (SSSR count). The Morgan fingerprint density at radius 3 is 2.40 bits per heavy atom. The van der Waals surface area contributed by atoms with Crippen LogP contribution in [0, 0.1) is 23.2 Å². The quantitative estimate of drug-likeness (QED) is 0.276. The van der Waals surface area contributed by atoms with E-state index in [1.54, 1.807) is 7.11 Å². The van der Waals surface area contributed by atoms with Crippen molar-refractivity contribution in [3.8, 4) is 11.5 Å². The van der Waals surface area contributed by atoms with Gasteiger partial charge in [0.2, 0.25) is 0 Å². The fourth-order valence-electron chi connectivity index (χ4n) is 9.17. The third-order valence-electron chi connectivity index (χ3n) is 10.5. The van der Waals surface area contributed by atoms with Crippen LogP contribution in [0.4, 0.5) is 5.69 Å². The highest BCUT2D eigenvalue weighted by molar-refractivity contribution is 6.12. The van der Waals surface area contributed by atoms with Crippen LogP contribution in [0.3, 0.4) is 0 Å². The molecule has 0 aromatic heterocycles. The summed E-state index contributed by atoms with van der Waals surface area (Å²) in [7, 11) is 1.62. The lowest BCUT2D eigenvalue weighted by molar-refractivity contribution is -0.161. The highest BCUT2D eigenvalue weighted by Crippen LogP contribution is 2.60. The van der Waals surface area contributed by atoms with Gasteiger partial charge in [-0.05, 0) is 109 Å². The van der Waals surface area contributed by atoms with Crippen LogP contribution >= 0.6 is 0 Å². The Kier molecular flexibility index (Phi) is 5.42. The summed E-state index contributed by atoms with van der Waals surface area (Å²) in [5.41, 5.74) is 4.83. The molecule has 1 heterocycles. The summed E-state index contributed by atoms with van der Waals surface area (Å²) in [6.45, 7) is 0. The molecular weight excluding hydrogens is 498 g/mol. The molecule has 0 spiro atoms. The predicted molar refractivity (Wildman–Crippen MR) is 155 cm³/mol. The first kappa shape index (κ1) is 24.2. The molecule has 4 fully saturated rings. The molecule has 1 N–H and O–H groups in total.